The van der Waals surface area contributed by atoms with Crippen molar-refractivity contribution in [1.82, 2.24) is 0 Å². The highest BCUT2D eigenvalue weighted by Gasteiger charge is 2.66. The molecule has 1 heterocycles. The third kappa shape index (κ3) is 10.5. The highest BCUT2D eigenvalue weighted by atomic mass is 16.6. The van der Waals surface area contributed by atoms with Crippen molar-refractivity contribution in [2.75, 3.05) is 0 Å². The summed E-state index contributed by atoms with van der Waals surface area (Å²) in [6.45, 7) is 25.3. The van der Waals surface area contributed by atoms with Crippen LogP contribution in [-0.4, -0.2) is 79.8 Å². The minimum absolute atomic E-state index is 0.00857. The van der Waals surface area contributed by atoms with Crippen molar-refractivity contribution >= 4 is 29.8 Å². The zero-order valence-electron chi connectivity index (χ0n) is 43.0. The highest BCUT2D eigenvalue weighted by Crippen LogP contribution is 2.65. The average molecular weight is 929 g/mol. The summed E-state index contributed by atoms with van der Waals surface area (Å²) in [5, 5.41) is 29.8. The molecule has 376 valence electrons. The molecule has 12 nitrogen and oxygen atoms in total. The minimum Gasteiger partial charge on any atom is -0.481 e. The molecule has 0 aromatic heterocycles. The standard InChI is InChI=1S/C19H32O2.C16H26O4.C13H18O4.C6H12O2/c1-6-17(2,3)16(20)21-18(4,5)19-10-13-7-14(11-19)9-15(8-13)12-19;1-4-13(2,3)12(17)20-16-7-11-5-14(18,9-16)8-15(19,6-11)10-16;1-3-6(2)12(14)16-10-7-4-8-9(5-7)13(15)17-11(8)10;1-4-6(2,3)5(7)8/h13-15H,6-12H2,1-5H3;11,18-19H,4-10H2,1-3H3;6-11H,3-5H2,1-2H3;4H2,1-3H3,(H,7,8). The van der Waals surface area contributed by atoms with Crippen LogP contribution >= 0.6 is 0 Å². The Morgan fingerprint density at radius 3 is 1.62 bits per heavy atom. The fraction of sp³-hybridized carbons (Fsp3) is 0.907. The second-order valence-corrected chi connectivity index (χ2v) is 25.8. The predicted molar refractivity (Wildman–Crippen MR) is 249 cm³/mol. The number of carbonyl (C=O) groups excluding carboxylic acids is 4. The Morgan fingerprint density at radius 1 is 0.682 bits per heavy atom. The van der Waals surface area contributed by atoms with Gasteiger partial charge in [0.25, 0.3) is 0 Å². The van der Waals surface area contributed by atoms with Crippen LogP contribution in [0.3, 0.4) is 0 Å². The quantitative estimate of drug-likeness (QED) is 0.125. The lowest BCUT2D eigenvalue weighted by Crippen LogP contribution is -2.67. The molecule has 12 heteroatoms. The van der Waals surface area contributed by atoms with Crippen molar-refractivity contribution in [3.8, 4) is 0 Å². The maximum Gasteiger partial charge on any atom is 0.312 e. The van der Waals surface area contributed by atoms with Gasteiger partial charge in [-0.1, -0.05) is 34.6 Å². The summed E-state index contributed by atoms with van der Waals surface area (Å²) in [6.07, 6.45) is 16.4. The number of carbonyl (C=O) groups is 5. The number of esters is 4. The summed E-state index contributed by atoms with van der Waals surface area (Å²) < 4.78 is 22.9. The lowest BCUT2D eigenvalue weighted by atomic mass is 9.46. The van der Waals surface area contributed by atoms with Gasteiger partial charge in [-0.15, -0.1) is 0 Å². The summed E-state index contributed by atoms with van der Waals surface area (Å²) in [5.41, 5.74) is -3.80. The smallest absolute Gasteiger partial charge is 0.312 e. The summed E-state index contributed by atoms with van der Waals surface area (Å²) >= 11 is 0. The van der Waals surface area contributed by atoms with Crippen LogP contribution in [0, 0.1) is 69.0 Å². The SMILES string of the molecule is CCC(C)(C)C(=O)O.CCC(C)(C)C(=O)OC(C)(C)C12CC3CC(CC(C3)C1)C2.CCC(C)(C)C(=O)OC12CC3CC(O)(CC(O)(C3)C1)C2.CCC(C)C(=O)OC1C2CC3C(=O)OC1C3C2. The van der Waals surface area contributed by atoms with Crippen molar-refractivity contribution in [1.29, 1.82) is 0 Å². The zero-order valence-corrected chi connectivity index (χ0v) is 43.0. The van der Waals surface area contributed by atoms with E-state index < -0.39 is 33.6 Å². The van der Waals surface area contributed by atoms with Crippen LogP contribution in [0.2, 0.25) is 0 Å². The summed E-state index contributed by atoms with van der Waals surface area (Å²) in [4.78, 5) is 58.6. The van der Waals surface area contributed by atoms with E-state index in [0.717, 1.165) is 69.1 Å². The zero-order chi connectivity index (χ0) is 49.2. The Balaban J connectivity index is 0.000000152. The van der Waals surface area contributed by atoms with Gasteiger partial charge in [0, 0.05) is 36.5 Å². The van der Waals surface area contributed by atoms with Crippen molar-refractivity contribution in [3.63, 3.8) is 0 Å². The van der Waals surface area contributed by atoms with Gasteiger partial charge in [0.05, 0.1) is 39.3 Å². The van der Waals surface area contributed by atoms with Crippen LogP contribution in [0.25, 0.3) is 0 Å². The van der Waals surface area contributed by atoms with E-state index in [2.05, 4.69) is 20.8 Å². The van der Waals surface area contributed by atoms with Gasteiger partial charge in [-0.05, 0) is 175 Å². The Labute approximate surface area is 396 Å². The molecule has 11 fully saturated rings. The Hall–Kier alpha value is -2.73. The number of hydrogen-bond donors (Lipinski definition) is 3. The number of ether oxygens (including phenoxy) is 4. The molecular formula is C54H88O12. The predicted octanol–water partition coefficient (Wildman–Crippen LogP) is 10.2. The molecule has 0 spiro atoms. The molecule has 66 heavy (non-hydrogen) atoms. The van der Waals surface area contributed by atoms with Gasteiger partial charge in [-0.3, -0.25) is 24.0 Å². The largest absolute Gasteiger partial charge is 0.481 e. The Morgan fingerprint density at radius 2 is 1.18 bits per heavy atom. The van der Waals surface area contributed by atoms with Crippen LogP contribution in [0.4, 0.5) is 0 Å². The first kappa shape index (κ1) is 52.6. The average Bonchev–Trinajstić information content (AvgIpc) is 3.84. The summed E-state index contributed by atoms with van der Waals surface area (Å²) in [5.74, 6) is 2.48. The third-order valence-electron chi connectivity index (χ3n) is 18.9. The van der Waals surface area contributed by atoms with E-state index in [1.165, 1.54) is 38.5 Å². The molecule has 0 aromatic carbocycles. The number of fused-ring (bicyclic) bond motifs is 1. The molecule has 0 amide bonds. The third-order valence-corrected chi connectivity index (χ3v) is 18.9. The van der Waals surface area contributed by atoms with Crippen LogP contribution < -0.4 is 0 Å². The fourth-order valence-electron chi connectivity index (χ4n) is 13.9. The second kappa shape index (κ2) is 18.5. The minimum atomic E-state index is -0.842. The number of carboxylic acid groups (broad SMARTS) is 1. The molecule has 11 aliphatic rings. The number of carboxylic acids is 1. The number of aliphatic hydroxyl groups is 2. The van der Waals surface area contributed by atoms with Gasteiger partial charge in [-0.25, -0.2) is 0 Å². The van der Waals surface area contributed by atoms with Gasteiger partial charge < -0.3 is 34.3 Å². The van der Waals surface area contributed by atoms with E-state index in [9.17, 15) is 34.2 Å². The second-order valence-electron chi connectivity index (χ2n) is 25.8. The Bertz CT molecular complexity index is 1770. The van der Waals surface area contributed by atoms with Gasteiger partial charge in [0.15, 0.2) is 0 Å². The van der Waals surface area contributed by atoms with Crippen LogP contribution in [0.1, 0.15) is 206 Å². The maximum absolute atomic E-state index is 12.6. The number of rotatable bonds is 12. The molecule has 0 aromatic rings. The van der Waals surface area contributed by atoms with Crippen molar-refractivity contribution in [2.24, 2.45) is 69.0 Å². The summed E-state index contributed by atoms with van der Waals surface area (Å²) in [7, 11) is 0. The monoisotopic (exact) mass is 929 g/mol. The first-order chi connectivity index (χ1) is 30.4. The highest BCUT2D eigenvalue weighted by molar-refractivity contribution is 5.78. The van der Waals surface area contributed by atoms with Crippen molar-refractivity contribution in [3.05, 3.63) is 0 Å². The van der Waals surface area contributed by atoms with E-state index in [1.54, 1.807) is 13.8 Å². The molecule has 8 unspecified atom stereocenters. The summed E-state index contributed by atoms with van der Waals surface area (Å²) in [6, 6.07) is 0. The topological polar surface area (TPSA) is 183 Å². The van der Waals surface area contributed by atoms with Gasteiger partial charge >= 0.3 is 29.8 Å². The van der Waals surface area contributed by atoms with Crippen molar-refractivity contribution < 1.29 is 58.2 Å². The Kier molecular flexibility index (Phi) is 14.8. The molecule has 8 atom stereocenters. The lowest BCUT2D eigenvalue weighted by molar-refractivity contribution is -0.264. The van der Waals surface area contributed by atoms with Gasteiger partial charge in [-0.2, -0.15) is 0 Å². The van der Waals surface area contributed by atoms with Gasteiger partial charge in [0.2, 0.25) is 0 Å². The van der Waals surface area contributed by atoms with E-state index in [1.807, 2.05) is 55.4 Å². The normalized spacial score (nSPS) is 39.0. The molecular weight excluding hydrogens is 841 g/mol. The van der Waals surface area contributed by atoms with E-state index >= 15 is 0 Å². The number of hydrogen-bond acceptors (Lipinski definition) is 11. The molecule has 0 radical (unpaired) electrons. The van der Waals surface area contributed by atoms with E-state index in [4.69, 9.17) is 24.1 Å². The van der Waals surface area contributed by atoms with Crippen LogP contribution in [-0.2, 0) is 42.9 Å². The first-order valence-electron chi connectivity index (χ1n) is 25.9. The number of aliphatic carboxylic acids is 1. The molecule has 3 N–H and O–H groups in total. The molecule has 10 aliphatic carbocycles. The van der Waals surface area contributed by atoms with Gasteiger partial charge in [0.1, 0.15) is 23.4 Å². The molecule has 10 bridgehead atoms. The molecule has 1 aliphatic heterocycles. The lowest BCUT2D eigenvalue weighted by Gasteiger charge is -2.62. The van der Waals surface area contributed by atoms with Crippen molar-refractivity contribution in [2.45, 2.75) is 240 Å². The first-order valence-corrected chi connectivity index (χ1v) is 25.9. The molecule has 1 saturated heterocycles. The molecule has 11 rings (SSSR count). The van der Waals surface area contributed by atoms with Crippen LogP contribution in [0.5, 0.6) is 0 Å². The fourth-order valence-corrected chi connectivity index (χ4v) is 13.9. The van der Waals surface area contributed by atoms with E-state index in [-0.39, 0.29) is 70.3 Å². The maximum atomic E-state index is 12.6. The molecule has 10 saturated carbocycles. The van der Waals surface area contributed by atoms with Crippen LogP contribution in [0.15, 0.2) is 0 Å². The van der Waals surface area contributed by atoms with E-state index in [0.29, 0.717) is 37.5 Å².